The van der Waals surface area contributed by atoms with E-state index in [0.717, 1.165) is 17.0 Å². The molecule has 3 heterocycles. The summed E-state index contributed by atoms with van der Waals surface area (Å²) in [6.45, 7) is 4.56. The second-order valence-electron chi connectivity index (χ2n) is 7.37. The fourth-order valence-electron chi connectivity index (χ4n) is 4.59. The molecule has 0 saturated carbocycles. The van der Waals surface area contributed by atoms with E-state index >= 15 is 0 Å². The summed E-state index contributed by atoms with van der Waals surface area (Å²) in [4.78, 5) is 6.61. The van der Waals surface area contributed by atoms with Crippen LogP contribution in [0.25, 0.3) is 0 Å². The number of sulfonamides is 1. The second kappa shape index (κ2) is 7.35. The predicted molar refractivity (Wildman–Crippen MR) is 110 cm³/mol. The molecule has 2 aliphatic heterocycles. The first kappa shape index (κ1) is 19.2. The number of thiazole rings is 1. The molecule has 0 bridgehead atoms. The van der Waals surface area contributed by atoms with Crippen LogP contribution in [0.15, 0.2) is 40.7 Å². The zero-order chi connectivity index (χ0) is 19.8. The van der Waals surface area contributed by atoms with Gasteiger partial charge in [-0.2, -0.15) is 13.7 Å². The van der Waals surface area contributed by atoms with Gasteiger partial charge in [-0.05, 0) is 70.0 Å². The first-order valence-corrected chi connectivity index (χ1v) is 11.8. The number of rotatable bonds is 6. The SMILES string of the molecule is CC(Nc1ccc(S(=O)(=O)N(C#N)c2nccs2)cc1)C12CCCN1CCC2. The molecule has 4 rings (SSSR count). The van der Waals surface area contributed by atoms with Gasteiger partial charge in [-0.3, -0.25) is 4.90 Å². The summed E-state index contributed by atoms with van der Waals surface area (Å²) >= 11 is 1.11. The average molecular weight is 418 g/mol. The summed E-state index contributed by atoms with van der Waals surface area (Å²) in [7, 11) is -3.97. The Morgan fingerprint density at radius 3 is 2.54 bits per heavy atom. The Labute approximate surface area is 169 Å². The van der Waals surface area contributed by atoms with E-state index in [4.69, 9.17) is 0 Å². The highest BCUT2D eigenvalue weighted by molar-refractivity contribution is 7.93. The lowest BCUT2D eigenvalue weighted by Crippen LogP contribution is -2.50. The fourth-order valence-corrected chi connectivity index (χ4v) is 6.56. The van der Waals surface area contributed by atoms with Crippen LogP contribution >= 0.6 is 11.3 Å². The van der Waals surface area contributed by atoms with E-state index in [2.05, 4.69) is 22.1 Å². The van der Waals surface area contributed by atoms with Crippen LogP contribution in [0.5, 0.6) is 0 Å². The average Bonchev–Trinajstić information content (AvgIpc) is 3.40. The third-order valence-corrected chi connectivity index (χ3v) is 8.45. The first-order chi connectivity index (χ1) is 13.5. The van der Waals surface area contributed by atoms with E-state index in [-0.39, 0.29) is 21.6 Å². The molecule has 1 unspecified atom stereocenters. The Morgan fingerprint density at radius 1 is 1.29 bits per heavy atom. The fraction of sp³-hybridized carbons (Fsp3) is 0.474. The Balaban J connectivity index is 1.52. The Bertz CT molecular complexity index is 957. The van der Waals surface area contributed by atoms with Crippen molar-refractivity contribution in [2.75, 3.05) is 22.7 Å². The van der Waals surface area contributed by atoms with Gasteiger partial charge >= 0.3 is 0 Å². The Morgan fingerprint density at radius 2 is 1.96 bits per heavy atom. The summed E-state index contributed by atoms with van der Waals surface area (Å²) < 4.78 is 26.3. The van der Waals surface area contributed by atoms with E-state index in [1.807, 2.05) is 0 Å². The molecule has 2 saturated heterocycles. The van der Waals surface area contributed by atoms with E-state index < -0.39 is 10.0 Å². The standard InChI is InChI=1S/C19H23N5O2S2/c1-15(19-8-2-11-23(19)12-3-9-19)22-16-4-6-17(7-5-16)28(25,26)24(14-20)18-21-10-13-27-18/h4-7,10,13,15,22H,2-3,8-9,11-12H2,1H3. The van der Waals surface area contributed by atoms with Gasteiger partial charge in [0.15, 0.2) is 0 Å². The van der Waals surface area contributed by atoms with Gasteiger partial charge in [0.05, 0.1) is 4.90 Å². The number of anilines is 2. The van der Waals surface area contributed by atoms with Gasteiger partial charge in [0.2, 0.25) is 11.3 Å². The number of nitrogens with zero attached hydrogens (tertiary/aromatic N) is 4. The molecule has 2 fully saturated rings. The third-order valence-electron chi connectivity index (χ3n) is 5.97. The molecule has 2 aliphatic rings. The van der Waals surface area contributed by atoms with Crippen molar-refractivity contribution in [2.24, 2.45) is 0 Å². The second-order valence-corrected chi connectivity index (χ2v) is 10.0. The zero-order valence-corrected chi connectivity index (χ0v) is 17.3. The van der Waals surface area contributed by atoms with Gasteiger partial charge in [0.1, 0.15) is 0 Å². The summed E-state index contributed by atoms with van der Waals surface area (Å²) in [5.41, 5.74) is 1.10. The van der Waals surface area contributed by atoms with Gasteiger partial charge in [-0.1, -0.05) is 0 Å². The molecule has 2 aromatic rings. The van der Waals surface area contributed by atoms with Crippen LogP contribution in [0.2, 0.25) is 0 Å². The van der Waals surface area contributed by atoms with Crippen molar-refractivity contribution < 1.29 is 8.42 Å². The first-order valence-electron chi connectivity index (χ1n) is 9.44. The summed E-state index contributed by atoms with van der Waals surface area (Å²) in [5, 5.41) is 14.7. The van der Waals surface area contributed by atoms with Crippen LogP contribution in [-0.4, -0.2) is 43.0 Å². The molecule has 28 heavy (non-hydrogen) atoms. The lowest BCUT2D eigenvalue weighted by atomic mass is 9.86. The molecule has 148 valence electrons. The largest absolute Gasteiger partial charge is 0.381 e. The lowest BCUT2D eigenvalue weighted by Gasteiger charge is -2.39. The highest BCUT2D eigenvalue weighted by Gasteiger charge is 2.47. The van der Waals surface area contributed by atoms with Crippen LogP contribution in [0.4, 0.5) is 10.8 Å². The number of aromatic nitrogens is 1. The third kappa shape index (κ3) is 3.15. The summed E-state index contributed by atoms with van der Waals surface area (Å²) in [6, 6.07) is 6.91. The van der Waals surface area contributed by atoms with Crippen molar-refractivity contribution in [3.8, 4) is 6.19 Å². The van der Waals surface area contributed by atoms with Crippen molar-refractivity contribution in [2.45, 2.75) is 49.1 Å². The molecule has 1 aromatic carbocycles. The minimum Gasteiger partial charge on any atom is -0.381 e. The molecular weight excluding hydrogens is 394 g/mol. The van der Waals surface area contributed by atoms with E-state index in [0.29, 0.717) is 4.31 Å². The van der Waals surface area contributed by atoms with Crippen molar-refractivity contribution in [1.82, 2.24) is 9.88 Å². The van der Waals surface area contributed by atoms with Crippen molar-refractivity contribution in [3.63, 3.8) is 0 Å². The van der Waals surface area contributed by atoms with Crippen LogP contribution in [0.3, 0.4) is 0 Å². The van der Waals surface area contributed by atoms with Crippen molar-refractivity contribution in [1.29, 1.82) is 5.26 Å². The van der Waals surface area contributed by atoms with Crippen LogP contribution in [-0.2, 0) is 10.0 Å². The van der Waals surface area contributed by atoms with E-state index in [1.165, 1.54) is 45.0 Å². The quantitative estimate of drug-likeness (QED) is 0.573. The monoisotopic (exact) mass is 417 g/mol. The molecule has 0 aliphatic carbocycles. The molecule has 0 spiro atoms. The highest BCUT2D eigenvalue weighted by atomic mass is 32.2. The van der Waals surface area contributed by atoms with E-state index in [1.54, 1.807) is 35.8 Å². The predicted octanol–water partition coefficient (Wildman–Crippen LogP) is 3.25. The molecule has 0 amide bonds. The molecule has 7 nitrogen and oxygen atoms in total. The van der Waals surface area contributed by atoms with Gasteiger partial charge in [0, 0.05) is 28.8 Å². The number of nitriles is 1. The number of nitrogens with one attached hydrogen (secondary N) is 1. The minimum atomic E-state index is -3.97. The zero-order valence-electron chi connectivity index (χ0n) is 15.7. The van der Waals surface area contributed by atoms with E-state index in [9.17, 15) is 13.7 Å². The normalized spacial score (nSPS) is 19.7. The molecule has 1 aromatic heterocycles. The van der Waals surface area contributed by atoms with Gasteiger partial charge < -0.3 is 5.32 Å². The molecule has 1 N–H and O–H groups in total. The maximum absolute atomic E-state index is 12.8. The maximum Gasteiger partial charge on any atom is 0.278 e. The topological polar surface area (TPSA) is 89.3 Å². The van der Waals surface area contributed by atoms with Gasteiger partial charge in [-0.25, -0.2) is 4.98 Å². The summed E-state index contributed by atoms with van der Waals surface area (Å²) in [5.74, 6) is 0. The Hall–Kier alpha value is -2.15. The van der Waals surface area contributed by atoms with Crippen molar-refractivity contribution >= 4 is 32.2 Å². The summed E-state index contributed by atoms with van der Waals surface area (Å²) in [6.07, 6.45) is 8.09. The van der Waals surface area contributed by atoms with Gasteiger partial charge in [0.25, 0.3) is 10.0 Å². The number of fused-ring (bicyclic) bond motifs is 1. The van der Waals surface area contributed by atoms with Crippen LogP contribution < -0.4 is 9.62 Å². The molecule has 0 radical (unpaired) electrons. The maximum atomic E-state index is 12.8. The minimum absolute atomic E-state index is 0.0731. The smallest absolute Gasteiger partial charge is 0.278 e. The number of benzene rings is 1. The highest BCUT2D eigenvalue weighted by Crippen LogP contribution is 2.42. The molecule has 9 heteroatoms. The van der Waals surface area contributed by atoms with Crippen molar-refractivity contribution in [3.05, 3.63) is 35.8 Å². The molecular formula is C19H23N5O2S2. The van der Waals surface area contributed by atoms with Crippen LogP contribution in [0, 0.1) is 11.5 Å². The Kier molecular flexibility index (Phi) is 5.04. The number of hydrogen-bond donors (Lipinski definition) is 1. The number of hydrogen-bond acceptors (Lipinski definition) is 7. The molecule has 1 atom stereocenters. The van der Waals surface area contributed by atoms with Gasteiger partial charge in [-0.15, -0.1) is 15.6 Å². The van der Waals surface area contributed by atoms with Crippen LogP contribution in [0.1, 0.15) is 32.6 Å². The lowest BCUT2D eigenvalue weighted by molar-refractivity contribution is 0.174.